The van der Waals surface area contributed by atoms with Gasteiger partial charge in [0, 0.05) is 19.1 Å². The van der Waals surface area contributed by atoms with Gasteiger partial charge < -0.3 is 19.0 Å². The van der Waals surface area contributed by atoms with Crippen molar-refractivity contribution in [3.63, 3.8) is 0 Å². The molecule has 1 amide bonds. The number of likely N-dealkylation sites (tertiary alicyclic amines) is 1. The summed E-state index contributed by atoms with van der Waals surface area (Å²) >= 11 is 0. The summed E-state index contributed by atoms with van der Waals surface area (Å²) in [7, 11) is 4.06. The van der Waals surface area contributed by atoms with Gasteiger partial charge in [0.15, 0.2) is 17.3 Å². The molecule has 5 nitrogen and oxygen atoms in total. The monoisotopic (exact) mass is 346 g/mol. The number of hydrogen-bond acceptors (Lipinski definition) is 4. The van der Waals surface area contributed by atoms with Crippen molar-refractivity contribution in [3.05, 3.63) is 53.7 Å². The number of halogens is 1. The van der Waals surface area contributed by atoms with Gasteiger partial charge in [0.25, 0.3) is 5.91 Å². The Morgan fingerprint density at radius 1 is 1.28 bits per heavy atom. The van der Waals surface area contributed by atoms with Gasteiger partial charge in [0.05, 0.1) is 0 Å². The minimum atomic E-state index is -0.425. The topological polar surface area (TPSA) is 45.9 Å². The number of ether oxygens (including phenoxy) is 1. The van der Waals surface area contributed by atoms with Crippen LogP contribution in [0.1, 0.15) is 23.2 Å². The van der Waals surface area contributed by atoms with Gasteiger partial charge in [-0.25, -0.2) is 4.39 Å². The van der Waals surface area contributed by atoms with Crippen LogP contribution in [0.15, 0.2) is 40.8 Å². The summed E-state index contributed by atoms with van der Waals surface area (Å²) in [5.41, 5.74) is 0. The summed E-state index contributed by atoms with van der Waals surface area (Å²) in [4.78, 5) is 16.6. The minimum Gasteiger partial charge on any atom is -0.483 e. The van der Waals surface area contributed by atoms with Gasteiger partial charge in [-0.1, -0.05) is 19.1 Å². The number of rotatable bonds is 5. The number of amides is 1. The van der Waals surface area contributed by atoms with Crippen molar-refractivity contribution >= 4 is 5.91 Å². The molecule has 0 saturated carbocycles. The molecule has 1 fully saturated rings. The van der Waals surface area contributed by atoms with Crippen LogP contribution in [-0.4, -0.2) is 48.9 Å². The molecule has 0 aliphatic carbocycles. The van der Waals surface area contributed by atoms with E-state index in [0.717, 1.165) is 0 Å². The third-order valence-corrected chi connectivity index (χ3v) is 4.60. The summed E-state index contributed by atoms with van der Waals surface area (Å²) in [5.74, 6) is 0.813. The number of likely N-dealkylation sites (N-methyl/N-ethyl adjacent to an activating group) is 1. The molecule has 0 radical (unpaired) electrons. The summed E-state index contributed by atoms with van der Waals surface area (Å²) in [6, 6.07) is 9.88. The molecular weight excluding hydrogens is 323 g/mol. The molecule has 1 aromatic heterocycles. The third kappa shape index (κ3) is 3.85. The fourth-order valence-corrected chi connectivity index (χ4v) is 3.22. The summed E-state index contributed by atoms with van der Waals surface area (Å²) in [6.45, 7) is 3.62. The Kier molecular flexibility index (Phi) is 5.08. The van der Waals surface area contributed by atoms with Gasteiger partial charge >= 0.3 is 0 Å². The number of para-hydroxylation sites is 1. The quantitative estimate of drug-likeness (QED) is 0.835. The Balaban J connectivity index is 1.61. The van der Waals surface area contributed by atoms with Crippen molar-refractivity contribution in [1.82, 2.24) is 9.80 Å². The highest BCUT2D eigenvalue weighted by molar-refractivity contribution is 5.91. The lowest BCUT2D eigenvalue weighted by molar-refractivity contribution is 0.0745. The van der Waals surface area contributed by atoms with Crippen molar-refractivity contribution in [2.75, 3.05) is 27.2 Å². The van der Waals surface area contributed by atoms with E-state index in [2.05, 4.69) is 11.8 Å². The van der Waals surface area contributed by atoms with Crippen molar-refractivity contribution in [2.45, 2.75) is 19.6 Å². The molecule has 0 unspecified atom stereocenters. The predicted octanol–water partition coefficient (Wildman–Crippen LogP) is 3.02. The Labute approximate surface area is 147 Å². The Morgan fingerprint density at radius 2 is 2.04 bits per heavy atom. The number of hydrogen-bond donors (Lipinski definition) is 0. The van der Waals surface area contributed by atoms with Crippen LogP contribution >= 0.6 is 0 Å². The molecule has 1 saturated heterocycles. The van der Waals surface area contributed by atoms with Crippen molar-refractivity contribution < 1.29 is 18.3 Å². The van der Waals surface area contributed by atoms with E-state index in [-0.39, 0.29) is 18.3 Å². The van der Waals surface area contributed by atoms with E-state index in [1.54, 1.807) is 30.3 Å². The third-order valence-electron chi connectivity index (χ3n) is 4.60. The summed E-state index contributed by atoms with van der Waals surface area (Å²) in [6.07, 6.45) is 0. The molecule has 0 spiro atoms. The molecule has 25 heavy (non-hydrogen) atoms. The maximum atomic E-state index is 13.5. The maximum Gasteiger partial charge on any atom is 0.289 e. The van der Waals surface area contributed by atoms with Crippen LogP contribution < -0.4 is 4.74 Å². The first-order chi connectivity index (χ1) is 12.0. The maximum absolute atomic E-state index is 13.5. The molecule has 2 atom stereocenters. The first-order valence-electron chi connectivity index (χ1n) is 8.37. The predicted molar refractivity (Wildman–Crippen MR) is 92.0 cm³/mol. The van der Waals surface area contributed by atoms with Crippen LogP contribution in [0.5, 0.6) is 5.75 Å². The lowest BCUT2D eigenvalue weighted by Gasteiger charge is -2.22. The van der Waals surface area contributed by atoms with Crippen LogP contribution in [0.3, 0.4) is 0 Å². The van der Waals surface area contributed by atoms with Crippen LogP contribution in [0.2, 0.25) is 0 Å². The Hall–Kier alpha value is -2.34. The average molecular weight is 346 g/mol. The summed E-state index contributed by atoms with van der Waals surface area (Å²) < 4.78 is 24.6. The second kappa shape index (κ2) is 7.27. The van der Waals surface area contributed by atoms with Gasteiger partial charge in [-0.3, -0.25) is 4.79 Å². The highest BCUT2D eigenvalue weighted by Gasteiger charge is 2.34. The largest absolute Gasteiger partial charge is 0.483 e. The van der Waals surface area contributed by atoms with Crippen LogP contribution in [0.25, 0.3) is 0 Å². The molecule has 1 aliphatic rings. The van der Waals surface area contributed by atoms with E-state index in [1.165, 1.54) is 6.07 Å². The molecule has 0 bridgehead atoms. The first kappa shape index (κ1) is 17.5. The zero-order valence-electron chi connectivity index (χ0n) is 14.7. The van der Waals surface area contributed by atoms with Crippen LogP contribution in [-0.2, 0) is 6.61 Å². The smallest absolute Gasteiger partial charge is 0.289 e. The van der Waals surface area contributed by atoms with E-state index < -0.39 is 5.82 Å². The molecule has 2 heterocycles. The standard InChI is InChI=1S/C19H23FN2O3/c1-13-10-22(11-16(13)21(2)3)19(23)18-9-8-14(25-18)12-24-17-7-5-4-6-15(17)20/h4-9,13,16H,10-12H2,1-3H3/t13-,16-/m0/s1. The zero-order chi connectivity index (χ0) is 18.0. The number of carbonyl (C=O) groups is 1. The van der Waals surface area contributed by atoms with E-state index in [4.69, 9.17) is 9.15 Å². The van der Waals surface area contributed by atoms with Gasteiger partial charge in [0.1, 0.15) is 12.4 Å². The SMILES string of the molecule is C[C@H]1CN(C(=O)c2ccc(COc3ccccc3F)o2)C[C@@H]1N(C)C. The molecule has 1 aliphatic heterocycles. The summed E-state index contributed by atoms with van der Waals surface area (Å²) in [5, 5.41) is 0. The Bertz CT molecular complexity index is 744. The normalized spacial score (nSPS) is 20.3. The van der Waals surface area contributed by atoms with E-state index >= 15 is 0 Å². The second-order valence-corrected chi connectivity index (χ2v) is 6.70. The van der Waals surface area contributed by atoms with Crippen LogP contribution in [0, 0.1) is 11.7 Å². The first-order valence-corrected chi connectivity index (χ1v) is 8.37. The van der Waals surface area contributed by atoms with E-state index in [0.29, 0.717) is 36.6 Å². The molecule has 1 aromatic carbocycles. The lowest BCUT2D eigenvalue weighted by atomic mass is 10.1. The minimum absolute atomic E-state index is 0.0743. The second-order valence-electron chi connectivity index (χ2n) is 6.70. The fraction of sp³-hybridized carbons (Fsp3) is 0.421. The molecule has 2 aromatic rings. The molecular formula is C19H23FN2O3. The highest BCUT2D eigenvalue weighted by atomic mass is 19.1. The molecule has 6 heteroatoms. The van der Waals surface area contributed by atoms with Gasteiger partial charge in [-0.15, -0.1) is 0 Å². The van der Waals surface area contributed by atoms with E-state index in [9.17, 15) is 9.18 Å². The molecule has 3 rings (SSSR count). The van der Waals surface area contributed by atoms with Crippen molar-refractivity contribution in [1.29, 1.82) is 0 Å². The Morgan fingerprint density at radius 3 is 2.72 bits per heavy atom. The number of furan rings is 1. The number of benzene rings is 1. The number of carbonyl (C=O) groups excluding carboxylic acids is 1. The zero-order valence-corrected chi connectivity index (χ0v) is 14.7. The van der Waals surface area contributed by atoms with Gasteiger partial charge in [-0.05, 0) is 44.3 Å². The van der Waals surface area contributed by atoms with Crippen molar-refractivity contribution in [3.8, 4) is 5.75 Å². The lowest BCUT2D eigenvalue weighted by Crippen LogP contribution is -2.35. The van der Waals surface area contributed by atoms with Gasteiger partial charge in [0.2, 0.25) is 0 Å². The van der Waals surface area contributed by atoms with E-state index in [1.807, 2.05) is 19.0 Å². The average Bonchev–Trinajstić information content (AvgIpc) is 3.20. The molecule has 134 valence electrons. The number of nitrogens with zero attached hydrogens (tertiary/aromatic N) is 2. The van der Waals surface area contributed by atoms with Gasteiger partial charge in [-0.2, -0.15) is 0 Å². The van der Waals surface area contributed by atoms with Crippen molar-refractivity contribution in [2.24, 2.45) is 5.92 Å². The molecule has 0 N–H and O–H groups in total. The fourth-order valence-electron chi connectivity index (χ4n) is 3.22. The van der Waals surface area contributed by atoms with Crippen LogP contribution in [0.4, 0.5) is 4.39 Å². The highest BCUT2D eigenvalue weighted by Crippen LogP contribution is 2.23.